The van der Waals surface area contributed by atoms with Gasteiger partial charge in [0, 0.05) is 15.7 Å². The second-order valence-corrected chi connectivity index (χ2v) is 8.30. The summed E-state index contributed by atoms with van der Waals surface area (Å²) in [5.74, 6) is -2.34. The van der Waals surface area contributed by atoms with Gasteiger partial charge in [0.2, 0.25) is 5.89 Å². The number of fused-ring (bicyclic) bond motifs is 2. The highest BCUT2D eigenvalue weighted by Crippen LogP contribution is 2.33. The van der Waals surface area contributed by atoms with E-state index in [9.17, 15) is 13.6 Å². The van der Waals surface area contributed by atoms with Gasteiger partial charge in [0.25, 0.3) is 5.91 Å². The molecule has 8 heteroatoms. The lowest BCUT2D eigenvalue weighted by molar-refractivity contribution is 0.102. The van der Waals surface area contributed by atoms with Gasteiger partial charge in [-0.1, -0.05) is 51.8 Å². The number of oxazole rings is 1. The van der Waals surface area contributed by atoms with Gasteiger partial charge in [-0.25, -0.2) is 13.8 Å². The number of hydrogen-bond donors (Lipinski definition) is 1. The highest BCUT2D eigenvalue weighted by atomic mass is 79.9. The smallest absolute Gasteiger partial charge is 0.256 e. The van der Waals surface area contributed by atoms with Crippen LogP contribution >= 0.6 is 27.5 Å². The zero-order valence-corrected chi connectivity index (χ0v) is 18.5. The van der Waals surface area contributed by atoms with Crippen molar-refractivity contribution in [3.63, 3.8) is 0 Å². The van der Waals surface area contributed by atoms with Crippen LogP contribution in [0, 0.1) is 11.6 Å². The fourth-order valence-electron chi connectivity index (χ4n) is 3.47. The first-order valence-corrected chi connectivity index (χ1v) is 10.6. The minimum absolute atomic E-state index is 0.0221. The van der Waals surface area contributed by atoms with Crippen LogP contribution < -0.4 is 5.32 Å². The lowest BCUT2D eigenvalue weighted by atomic mass is 10.0. The van der Waals surface area contributed by atoms with E-state index < -0.39 is 11.6 Å². The number of rotatable bonds is 3. The number of benzene rings is 4. The molecular formula is C24H12BrClF2N2O2. The van der Waals surface area contributed by atoms with Crippen molar-refractivity contribution >= 4 is 61.0 Å². The predicted molar refractivity (Wildman–Crippen MR) is 124 cm³/mol. The molecule has 158 valence electrons. The Morgan fingerprint density at radius 2 is 1.72 bits per heavy atom. The van der Waals surface area contributed by atoms with E-state index >= 15 is 0 Å². The van der Waals surface area contributed by atoms with Gasteiger partial charge in [-0.2, -0.15) is 0 Å². The molecular weight excluding hydrogens is 502 g/mol. The monoisotopic (exact) mass is 512 g/mol. The third-order valence-electron chi connectivity index (χ3n) is 5.00. The molecule has 0 radical (unpaired) electrons. The fraction of sp³-hybridized carbons (Fsp3) is 0. The van der Waals surface area contributed by atoms with Crippen molar-refractivity contribution in [2.24, 2.45) is 0 Å². The van der Waals surface area contributed by atoms with Crippen molar-refractivity contribution in [3.8, 4) is 11.5 Å². The van der Waals surface area contributed by atoms with E-state index in [2.05, 4.69) is 26.2 Å². The van der Waals surface area contributed by atoms with Crippen LogP contribution in [0.3, 0.4) is 0 Å². The van der Waals surface area contributed by atoms with E-state index in [0.29, 0.717) is 22.4 Å². The first kappa shape index (κ1) is 20.6. The quantitative estimate of drug-likeness (QED) is 0.253. The Labute approximate surface area is 194 Å². The molecule has 1 aromatic heterocycles. The van der Waals surface area contributed by atoms with Gasteiger partial charge in [-0.05, 0) is 53.2 Å². The Balaban J connectivity index is 1.48. The highest BCUT2D eigenvalue weighted by Gasteiger charge is 2.17. The predicted octanol–water partition coefficient (Wildman–Crippen LogP) is 7.59. The second kappa shape index (κ2) is 8.00. The van der Waals surface area contributed by atoms with Crippen molar-refractivity contribution in [1.29, 1.82) is 0 Å². The number of anilines is 1. The summed E-state index contributed by atoms with van der Waals surface area (Å²) < 4.78 is 33.6. The molecule has 5 rings (SSSR count). The Morgan fingerprint density at radius 1 is 0.969 bits per heavy atom. The summed E-state index contributed by atoms with van der Waals surface area (Å²) in [6.45, 7) is 0. The summed E-state index contributed by atoms with van der Waals surface area (Å²) in [5.41, 5.74) is 2.00. The molecule has 0 atom stereocenters. The second-order valence-electron chi connectivity index (χ2n) is 7.04. The van der Waals surface area contributed by atoms with Crippen LogP contribution in [-0.4, -0.2) is 10.9 Å². The zero-order valence-electron chi connectivity index (χ0n) is 16.1. The van der Waals surface area contributed by atoms with E-state index in [1.807, 2.05) is 30.3 Å². The number of amides is 1. The van der Waals surface area contributed by atoms with Crippen LogP contribution in [0.5, 0.6) is 0 Å². The number of hydrogen-bond acceptors (Lipinski definition) is 3. The molecule has 1 heterocycles. The lowest BCUT2D eigenvalue weighted by Crippen LogP contribution is -2.12. The molecule has 0 saturated heterocycles. The number of aromatic nitrogens is 1. The molecule has 0 fully saturated rings. The van der Waals surface area contributed by atoms with Crippen molar-refractivity contribution < 1.29 is 18.0 Å². The molecule has 0 aliphatic carbocycles. The number of carbonyl (C=O) groups is 1. The van der Waals surface area contributed by atoms with Crippen LogP contribution in [0.15, 0.2) is 75.6 Å². The van der Waals surface area contributed by atoms with Crippen molar-refractivity contribution in [2.75, 3.05) is 5.32 Å². The summed E-state index contributed by atoms with van der Waals surface area (Å²) in [6, 6.07) is 17.9. The van der Waals surface area contributed by atoms with E-state index in [1.54, 1.807) is 24.3 Å². The first-order valence-electron chi connectivity index (χ1n) is 9.45. The molecule has 0 aliphatic heterocycles. The van der Waals surface area contributed by atoms with Gasteiger partial charge in [0.15, 0.2) is 17.2 Å². The highest BCUT2D eigenvalue weighted by molar-refractivity contribution is 9.10. The SMILES string of the molecule is O=C(Nc1ccc2oc(-c3cc(F)c(F)cc3Cl)nc2c1)c1cccc2c(Br)cccc12. The van der Waals surface area contributed by atoms with Gasteiger partial charge in [-0.15, -0.1) is 0 Å². The van der Waals surface area contributed by atoms with Crippen molar-refractivity contribution in [2.45, 2.75) is 0 Å². The third kappa shape index (κ3) is 3.63. The summed E-state index contributed by atoms with van der Waals surface area (Å²) in [4.78, 5) is 17.3. The van der Waals surface area contributed by atoms with Crippen LogP contribution in [-0.2, 0) is 0 Å². The minimum atomic E-state index is -1.06. The van der Waals surface area contributed by atoms with Gasteiger partial charge in [-0.3, -0.25) is 4.79 Å². The average molecular weight is 514 g/mol. The largest absolute Gasteiger partial charge is 0.436 e. The van der Waals surface area contributed by atoms with E-state index in [1.165, 1.54) is 0 Å². The van der Waals surface area contributed by atoms with Crippen molar-refractivity contribution in [3.05, 3.63) is 93.4 Å². The molecule has 5 aromatic rings. The number of nitrogens with zero attached hydrogens (tertiary/aromatic N) is 1. The Hall–Kier alpha value is -3.29. The molecule has 32 heavy (non-hydrogen) atoms. The van der Waals surface area contributed by atoms with Crippen LogP contribution in [0.4, 0.5) is 14.5 Å². The van der Waals surface area contributed by atoms with Gasteiger partial charge < -0.3 is 9.73 Å². The minimum Gasteiger partial charge on any atom is -0.436 e. The van der Waals surface area contributed by atoms with E-state index in [4.69, 9.17) is 16.0 Å². The topological polar surface area (TPSA) is 55.1 Å². The number of halogens is 4. The van der Waals surface area contributed by atoms with Crippen LogP contribution in [0.25, 0.3) is 33.3 Å². The molecule has 4 nitrogen and oxygen atoms in total. The van der Waals surface area contributed by atoms with Crippen LogP contribution in [0.2, 0.25) is 5.02 Å². The van der Waals surface area contributed by atoms with Crippen LogP contribution in [0.1, 0.15) is 10.4 Å². The van der Waals surface area contributed by atoms with Crippen molar-refractivity contribution in [1.82, 2.24) is 4.98 Å². The number of nitrogens with one attached hydrogen (secondary N) is 1. The Kier molecular flexibility index (Phi) is 5.15. The molecule has 0 spiro atoms. The van der Waals surface area contributed by atoms with E-state index in [0.717, 1.165) is 27.4 Å². The molecule has 1 amide bonds. The molecule has 0 unspecified atom stereocenters. The zero-order chi connectivity index (χ0) is 22.4. The normalized spacial score (nSPS) is 11.2. The van der Waals surface area contributed by atoms with E-state index in [-0.39, 0.29) is 22.4 Å². The number of carbonyl (C=O) groups excluding carboxylic acids is 1. The fourth-order valence-corrected chi connectivity index (χ4v) is 4.20. The Morgan fingerprint density at radius 3 is 2.56 bits per heavy atom. The molecule has 4 aromatic carbocycles. The first-order chi connectivity index (χ1) is 15.4. The molecule has 0 aliphatic rings. The summed E-state index contributed by atoms with van der Waals surface area (Å²) in [7, 11) is 0. The lowest BCUT2D eigenvalue weighted by Gasteiger charge is -2.09. The molecule has 0 saturated carbocycles. The molecule has 0 bridgehead atoms. The third-order valence-corrected chi connectivity index (χ3v) is 6.00. The summed E-state index contributed by atoms with van der Waals surface area (Å²) in [6.07, 6.45) is 0. The van der Waals surface area contributed by atoms with Gasteiger partial charge in [0.05, 0.1) is 10.6 Å². The summed E-state index contributed by atoms with van der Waals surface area (Å²) in [5, 5.41) is 4.59. The van der Waals surface area contributed by atoms with Gasteiger partial charge in [0.1, 0.15) is 5.52 Å². The maximum atomic E-state index is 13.7. The standard InChI is InChI=1S/C24H12BrClF2N2O2/c25-17-6-2-3-13-14(17)4-1-5-15(13)23(31)29-12-7-8-22-21(9-12)30-24(32-22)16-10-19(27)20(28)11-18(16)26/h1-11H,(H,29,31). The maximum Gasteiger partial charge on any atom is 0.256 e. The summed E-state index contributed by atoms with van der Waals surface area (Å²) >= 11 is 9.53. The average Bonchev–Trinajstić information content (AvgIpc) is 3.19. The Bertz CT molecular complexity index is 1530. The molecule has 1 N–H and O–H groups in total. The maximum absolute atomic E-state index is 13.7. The van der Waals surface area contributed by atoms with Gasteiger partial charge >= 0.3 is 0 Å².